The van der Waals surface area contributed by atoms with Crippen molar-refractivity contribution in [2.75, 3.05) is 6.61 Å². The van der Waals surface area contributed by atoms with E-state index < -0.39 is 12.6 Å². The molecule has 0 aromatic heterocycles. The third-order valence-electron chi connectivity index (χ3n) is 3.61. The average molecular weight is 369 g/mol. The summed E-state index contributed by atoms with van der Waals surface area (Å²) in [6.45, 7) is -0.277. The Hall–Kier alpha value is -3.06. The lowest BCUT2D eigenvalue weighted by molar-refractivity contribution is -0.139. The Morgan fingerprint density at radius 1 is 1.08 bits per heavy atom. The molecule has 1 aliphatic heterocycles. The Labute approximate surface area is 154 Å². The van der Waals surface area contributed by atoms with Crippen molar-refractivity contribution in [2.24, 2.45) is 0 Å². The summed E-state index contributed by atoms with van der Waals surface area (Å²) in [5.41, 5.74) is 1.40. The van der Waals surface area contributed by atoms with Crippen LogP contribution in [0.2, 0.25) is 0 Å². The van der Waals surface area contributed by atoms with Gasteiger partial charge in [0.1, 0.15) is 5.75 Å². The third-order valence-corrected chi connectivity index (χ3v) is 4.52. The number of hydrogen-bond donors (Lipinski definition) is 1. The molecule has 1 saturated heterocycles. The SMILES string of the molecule is O=C(O)COc1ccccc1/C=C1/SC(=O)N(Cc2ccccc2)C1=O. The lowest BCUT2D eigenvalue weighted by Crippen LogP contribution is -2.27. The first-order valence-electron chi connectivity index (χ1n) is 7.77. The van der Waals surface area contributed by atoms with Crippen molar-refractivity contribution in [1.29, 1.82) is 0 Å². The molecule has 132 valence electrons. The number of hydrogen-bond acceptors (Lipinski definition) is 5. The molecule has 0 radical (unpaired) electrons. The van der Waals surface area contributed by atoms with Gasteiger partial charge in [-0.1, -0.05) is 48.5 Å². The number of nitrogens with zero attached hydrogens (tertiary/aromatic N) is 1. The van der Waals surface area contributed by atoms with Crippen LogP contribution < -0.4 is 4.74 Å². The minimum atomic E-state index is -1.09. The van der Waals surface area contributed by atoms with Crippen molar-refractivity contribution >= 4 is 35.0 Å². The Bertz CT molecular complexity index is 879. The van der Waals surface area contributed by atoms with Gasteiger partial charge in [0.05, 0.1) is 11.4 Å². The maximum absolute atomic E-state index is 12.6. The molecular formula is C19H15NO5S. The Morgan fingerprint density at radius 3 is 2.50 bits per heavy atom. The molecule has 0 saturated carbocycles. The molecule has 1 fully saturated rings. The van der Waals surface area contributed by atoms with Crippen LogP contribution in [0.3, 0.4) is 0 Å². The molecule has 2 aromatic carbocycles. The van der Waals surface area contributed by atoms with E-state index in [2.05, 4.69) is 0 Å². The molecule has 1 N–H and O–H groups in total. The zero-order valence-corrected chi connectivity index (χ0v) is 14.4. The third kappa shape index (κ3) is 4.12. The van der Waals surface area contributed by atoms with Gasteiger partial charge in [0.2, 0.25) is 0 Å². The molecule has 26 heavy (non-hydrogen) atoms. The summed E-state index contributed by atoms with van der Waals surface area (Å²) >= 11 is 0.856. The van der Waals surface area contributed by atoms with E-state index in [0.29, 0.717) is 11.3 Å². The summed E-state index contributed by atoms with van der Waals surface area (Å²) in [5.74, 6) is -1.13. The van der Waals surface area contributed by atoms with E-state index in [-0.39, 0.29) is 22.6 Å². The normalized spacial score (nSPS) is 15.5. The number of ether oxygens (including phenoxy) is 1. The highest BCUT2D eigenvalue weighted by Gasteiger charge is 2.35. The van der Waals surface area contributed by atoms with E-state index in [1.165, 1.54) is 4.90 Å². The predicted molar refractivity (Wildman–Crippen MR) is 97.5 cm³/mol. The standard InChI is InChI=1S/C19H15NO5S/c21-17(22)12-25-15-9-5-4-8-14(15)10-16-18(23)20(19(24)26-16)11-13-6-2-1-3-7-13/h1-10H,11-12H2,(H,21,22)/b16-10+. The van der Waals surface area contributed by atoms with Gasteiger partial charge in [0, 0.05) is 5.56 Å². The number of rotatable bonds is 6. The van der Waals surface area contributed by atoms with Crippen LogP contribution in [-0.4, -0.2) is 33.7 Å². The Kier molecular flexibility index (Phi) is 5.38. The molecule has 1 aliphatic rings. The molecular weight excluding hydrogens is 354 g/mol. The molecule has 0 unspecified atom stereocenters. The zero-order chi connectivity index (χ0) is 18.5. The van der Waals surface area contributed by atoms with Gasteiger partial charge in [0.25, 0.3) is 11.1 Å². The first-order chi connectivity index (χ1) is 12.5. The molecule has 0 aliphatic carbocycles. The predicted octanol–water partition coefficient (Wildman–Crippen LogP) is 3.39. The van der Waals surface area contributed by atoms with Crippen LogP contribution in [0.4, 0.5) is 4.79 Å². The van der Waals surface area contributed by atoms with E-state index in [1.54, 1.807) is 30.3 Å². The first-order valence-corrected chi connectivity index (χ1v) is 8.59. The fourth-order valence-corrected chi connectivity index (χ4v) is 3.24. The van der Waals surface area contributed by atoms with Crippen molar-refractivity contribution in [2.45, 2.75) is 6.54 Å². The second-order valence-corrected chi connectivity index (χ2v) is 6.47. The number of carboxylic acid groups (broad SMARTS) is 1. The van der Waals surface area contributed by atoms with Crippen LogP contribution in [0.25, 0.3) is 6.08 Å². The van der Waals surface area contributed by atoms with Crippen LogP contribution in [0.5, 0.6) is 5.75 Å². The first kappa shape index (κ1) is 17.8. The number of aliphatic carboxylic acids is 1. The number of benzene rings is 2. The van der Waals surface area contributed by atoms with Gasteiger partial charge in [-0.15, -0.1) is 0 Å². The minimum absolute atomic E-state index is 0.208. The van der Waals surface area contributed by atoms with Crippen molar-refractivity contribution in [3.63, 3.8) is 0 Å². The average Bonchev–Trinajstić information content (AvgIpc) is 2.89. The molecule has 0 spiro atoms. The number of para-hydroxylation sites is 1. The molecule has 6 nitrogen and oxygen atoms in total. The van der Waals surface area contributed by atoms with E-state index in [4.69, 9.17) is 9.84 Å². The zero-order valence-electron chi connectivity index (χ0n) is 13.6. The fraction of sp³-hybridized carbons (Fsp3) is 0.105. The molecule has 2 aromatic rings. The van der Waals surface area contributed by atoms with Gasteiger partial charge in [-0.05, 0) is 29.5 Å². The lowest BCUT2D eigenvalue weighted by Gasteiger charge is -2.12. The topological polar surface area (TPSA) is 83.9 Å². The van der Waals surface area contributed by atoms with Gasteiger partial charge in [-0.2, -0.15) is 0 Å². The highest BCUT2D eigenvalue weighted by atomic mass is 32.2. The summed E-state index contributed by atoms with van der Waals surface area (Å²) in [7, 11) is 0. The number of carboxylic acids is 1. The highest BCUT2D eigenvalue weighted by molar-refractivity contribution is 8.18. The van der Waals surface area contributed by atoms with E-state index in [1.807, 2.05) is 30.3 Å². The number of carbonyl (C=O) groups is 3. The molecule has 3 rings (SSSR count). The molecule has 0 atom stereocenters. The van der Waals surface area contributed by atoms with E-state index in [9.17, 15) is 14.4 Å². The van der Waals surface area contributed by atoms with Crippen LogP contribution in [0, 0.1) is 0 Å². The van der Waals surface area contributed by atoms with Gasteiger partial charge in [0.15, 0.2) is 6.61 Å². The molecule has 1 heterocycles. The van der Waals surface area contributed by atoms with Crippen molar-refractivity contribution in [3.05, 3.63) is 70.6 Å². The minimum Gasteiger partial charge on any atom is -0.481 e. The Morgan fingerprint density at radius 2 is 1.77 bits per heavy atom. The summed E-state index contributed by atoms with van der Waals surface area (Å²) in [6.07, 6.45) is 1.55. The lowest BCUT2D eigenvalue weighted by atomic mass is 10.1. The quantitative estimate of drug-likeness (QED) is 0.786. The smallest absolute Gasteiger partial charge is 0.341 e. The summed E-state index contributed by atoms with van der Waals surface area (Å²) in [4.78, 5) is 36.9. The summed E-state index contributed by atoms with van der Waals surface area (Å²) in [5, 5.41) is 8.41. The van der Waals surface area contributed by atoms with Crippen LogP contribution in [-0.2, 0) is 16.1 Å². The summed E-state index contributed by atoms with van der Waals surface area (Å²) < 4.78 is 5.23. The van der Waals surface area contributed by atoms with Crippen LogP contribution >= 0.6 is 11.8 Å². The van der Waals surface area contributed by atoms with Gasteiger partial charge < -0.3 is 9.84 Å². The van der Waals surface area contributed by atoms with E-state index >= 15 is 0 Å². The molecule has 7 heteroatoms. The number of amides is 2. The van der Waals surface area contributed by atoms with Gasteiger partial charge in [-0.25, -0.2) is 4.79 Å². The number of thioether (sulfide) groups is 1. The van der Waals surface area contributed by atoms with Crippen LogP contribution in [0.1, 0.15) is 11.1 Å². The van der Waals surface area contributed by atoms with Crippen LogP contribution in [0.15, 0.2) is 59.5 Å². The Balaban J connectivity index is 1.81. The number of imide groups is 1. The summed E-state index contributed by atoms with van der Waals surface area (Å²) in [6, 6.07) is 16.0. The molecule has 2 amide bonds. The van der Waals surface area contributed by atoms with E-state index in [0.717, 1.165) is 17.3 Å². The van der Waals surface area contributed by atoms with Crippen molar-refractivity contribution < 1.29 is 24.2 Å². The van der Waals surface area contributed by atoms with Gasteiger partial charge in [-0.3, -0.25) is 14.5 Å². The van der Waals surface area contributed by atoms with Gasteiger partial charge >= 0.3 is 5.97 Å². The second-order valence-electron chi connectivity index (χ2n) is 5.47. The largest absolute Gasteiger partial charge is 0.481 e. The second kappa shape index (κ2) is 7.88. The molecule has 0 bridgehead atoms. The van der Waals surface area contributed by atoms with Crippen molar-refractivity contribution in [1.82, 2.24) is 4.90 Å². The number of carbonyl (C=O) groups excluding carboxylic acids is 2. The fourth-order valence-electron chi connectivity index (χ4n) is 2.41. The highest BCUT2D eigenvalue weighted by Crippen LogP contribution is 2.34. The maximum atomic E-state index is 12.6. The monoisotopic (exact) mass is 369 g/mol. The van der Waals surface area contributed by atoms with Crippen molar-refractivity contribution in [3.8, 4) is 5.75 Å². The maximum Gasteiger partial charge on any atom is 0.341 e.